The van der Waals surface area contributed by atoms with E-state index in [-0.39, 0.29) is 24.5 Å². The van der Waals surface area contributed by atoms with E-state index < -0.39 is 6.04 Å². The molecular formula is C26H36N2O3. The van der Waals surface area contributed by atoms with Crippen molar-refractivity contribution in [1.29, 1.82) is 0 Å². The van der Waals surface area contributed by atoms with Crippen LogP contribution in [0.4, 0.5) is 0 Å². The molecule has 2 amide bonds. The molecule has 1 atom stereocenters. The third-order valence-electron chi connectivity index (χ3n) is 5.33. The molecule has 2 aromatic carbocycles. The molecule has 0 heterocycles. The zero-order valence-electron chi connectivity index (χ0n) is 19.6. The first-order valence-corrected chi connectivity index (χ1v) is 11.1. The number of nitrogens with one attached hydrogen (secondary N) is 1. The van der Waals surface area contributed by atoms with Gasteiger partial charge in [0.2, 0.25) is 5.91 Å². The van der Waals surface area contributed by atoms with Crippen molar-refractivity contribution in [3.8, 4) is 5.75 Å². The topological polar surface area (TPSA) is 58.6 Å². The summed E-state index contributed by atoms with van der Waals surface area (Å²) in [5, 5.41) is 2.95. The van der Waals surface area contributed by atoms with Crippen LogP contribution in [0.15, 0.2) is 48.5 Å². The standard InChI is InChI=1S/C26H36N2O3/c1-7-24(26(30)27-19(4)5)28(16-22-11-9-8-10-20(22)6)25(29)17-31-23-14-12-21(13-15-23)18(2)3/h8-15,18-19,24H,7,16-17H2,1-6H3,(H,27,30)/t24-/m0/s1. The minimum absolute atomic E-state index is 0.00712. The minimum atomic E-state index is -0.554. The Hall–Kier alpha value is -2.82. The lowest BCUT2D eigenvalue weighted by atomic mass is 10.0. The first-order valence-electron chi connectivity index (χ1n) is 11.1. The number of carbonyl (C=O) groups is 2. The van der Waals surface area contributed by atoms with Gasteiger partial charge in [0.25, 0.3) is 5.91 Å². The van der Waals surface area contributed by atoms with Crippen LogP contribution in [-0.2, 0) is 16.1 Å². The summed E-state index contributed by atoms with van der Waals surface area (Å²) in [6.07, 6.45) is 0.527. The first-order chi connectivity index (χ1) is 14.7. The highest BCUT2D eigenvalue weighted by Crippen LogP contribution is 2.20. The van der Waals surface area contributed by atoms with Gasteiger partial charge in [-0.25, -0.2) is 0 Å². The summed E-state index contributed by atoms with van der Waals surface area (Å²) in [4.78, 5) is 27.7. The Labute approximate surface area is 186 Å². The molecule has 0 aliphatic rings. The number of carbonyl (C=O) groups excluding carboxylic acids is 2. The van der Waals surface area contributed by atoms with Crippen LogP contribution in [0.1, 0.15) is 63.6 Å². The van der Waals surface area contributed by atoms with Crippen LogP contribution in [0.5, 0.6) is 5.75 Å². The van der Waals surface area contributed by atoms with Crippen LogP contribution in [0.25, 0.3) is 0 Å². The summed E-state index contributed by atoms with van der Waals surface area (Å²) in [6, 6.07) is 15.2. The summed E-state index contributed by atoms with van der Waals surface area (Å²) in [5.41, 5.74) is 3.33. The summed E-state index contributed by atoms with van der Waals surface area (Å²) in [6.45, 7) is 12.3. The van der Waals surface area contributed by atoms with Crippen LogP contribution in [0.3, 0.4) is 0 Å². The second-order valence-corrected chi connectivity index (χ2v) is 8.55. The lowest BCUT2D eigenvalue weighted by molar-refractivity contribution is -0.143. The smallest absolute Gasteiger partial charge is 0.261 e. The molecule has 0 saturated heterocycles. The zero-order chi connectivity index (χ0) is 23.0. The Balaban J connectivity index is 2.20. The number of rotatable bonds is 10. The summed E-state index contributed by atoms with van der Waals surface area (Å²) >= 11 is 0. The van der Waals surface area contributed by atoms with Gasteiger partial charge >= 0.3 is 0 Å². The highest BCUT2D eigenvalue weighted by atomic mass is 16.5. The monoisotopic (exact) mass is 424 g/mol. The van der Waals surface area contributed by atoms with Crippen molar-refractivity contribution < 1.29 is 14.3 Å². The molecule has 5 nitrogen and oxygen atoms in total. The van der Waals surface area contributed by atoms with E-state index in [2.05, 4.69) is 19.2 Å². The lowest BCUT2D eigenvalue weighted by Gasteiger charge is -2.31. The fourth-order valence-corrected chi connectivity index (χ4v) is 3.45. The van der Waals surface area contributed by atoms with Gasteiger partial charge in [-0.05, 0) is 61.9 Å². The van der Waals surface area contributed by atoms with Crippen molar-refractivity contribution in [1.82, 2.24) is 10.2 Å². The van der Waals surface area contributed by atoms with Crippen LogP contribution in [0, 0.1) is 6.92 Å². The van der Waals surface area contributed by atoms with E-state index in [1.807, 2.05) is 76.2 Å². The molecule has 1 N–H and O–H groups in total. The highest BCUT2D eigenvalue weighted by molar-refractivity contribution is 5.88. The van der Waals surface area contributed by atoms with E-state index in [1.165, 1.54) is 5.56 Å². The van der Waals surface area contributed by atoms with Crippen molar-refractivity contribution >= 4 is 11.8 Å². The molecule has 2 rings (SSSR count). The Bertz CT molecular complexity index is 859. The van der Waals surface area contributed by atoms with Gasteiger partial charge in [-0.1, -0.05) is 57.2 Å². The summed E-state index contributed by atoms with van der Waals surface area (Å²) in [5.74, 6) is 0.737. The van der Waals surface area contributed by atoms with Gasteiger partial charge in [0.1, 0.15) is 11.8 Å². The van der Waals surface area contributed by atoms with E-state index in [0.29, 0.717) is 24.6 Å². The molecule has 0 aliphatic carbocycles. The molecule has 0 aromatic heterocycles. The third-order valence-corrected chi connectivity index (χ3v) is 5.33. The molecule has 0 fully saturated rings. The Kier molecular flexibility index (Phi) is 9.10. The van der Waals surface area contributed by atoms with Gasteiger partial charge < -0.3 is 15.0 Å². The maximum absolute atomic E-state index is 13.2. The molecule has 0 unspecified atom stereocenters. The molecule has 0 bridgehead atoms. The number of nitrogens with zero attached hydrogens (tertiary/aromatic N) is 1. The van der Waals surface area contributed by atoms with Crippen LogP contribution in [-0.4, -0.2) is 35.4 Å². The fraction of sp³-hybridized carbons (Fsp3) is 0.462. The van der Waals surface area contributed by atoms with E-state index in [4.69, 9.17) is 4.74 Å². The average Bonchev–Trinajstić information content (AvgIpc) is 2.73. The van der Waals surface area contributed by atoms with Gasteiger partial charge in [-0.15, -0.1) is 0 Å². The number of benzene rings is 2. The van der Waals surface area contributed by atoms with Crippen molar-refractivity contribution in [3.05, 3.63) is 65.2 Å². The molecule has 0 saturated carbocycles. The largest absolute Gasteiger partial charge is 0.484 e. The van der Waals surface area contributed by atoms with E-state index >= 15 is 0 Å². The fourth-order valence-electron chi connectivity index (χ4n) is 3.45. The zero-order valence-corrected chi connectivity index (χ0v) is 19.6. The third kappa shape index (κ3) is 7.12. The maximum atomic E-state index is 13.2. The molecule has 0 spiro atoms. The lowest BCUT2D eigenvalue weighted by Crippen LogP contribution is -2.51. The van der Waals surface area contributed by atoms with Gasteiger partial charge in [-0.2, -0.15) is 0 Å². The molecule has 2 aromatic rings. The molecule has 0 aliphatic heterocycles. The summed E-state index contributed by atoms with van der Waals surface area (Å²) in [7, 11) is 0. The Morgan fingerprint density at radius 2 is 1.65 bits per heavy atom. The Morgan fingerprint density at radius 3 is 2.19 bits per heavy atom. The molecule has 0 radical (unpaired) electrons. The van der Waals surface area contributed by atoms with Gasteiger partial charge in [-0.3, -0.25) is 9.59 Å². The van der Waals surface area contributed by atoms with Crippen molar-refractivity contribution in [2.45, 2.75) is 72.5 Å². The van der Waals surface area contributed by atoms with Gasteiger partial charge in [0.15, 0.2) is 6.61 Å². The summed E-state index contributed by atoms with van der Waals surface area (Å²) < 4.78 is 5.78. The van der Waals surface area contributed by atoms with E-state index in [9.17, 15) is 9.59 Å². The van der Waals surface area contributed by atoms with Crippen molar-refractivity contribution in [2.24, 2.45) is 0 Å². The molecular weight excluding hydrogens is 388 g/mol. The average molecular weight is 425 g/mol. The predicted octanol–water partition coefficient (Wildman–Crippen LogP) is 4.83. The quantitative estimate of drug-likeness (QED) is 0.594. The number of hydrogen-bond donors (Lipinski definition) is 1. The van der Waals surface area contributed by atoms with Crippen molar-refractivity contribution in [2.75, 3.05) is 6.61 Å². The minimum Gasteiger partial charge on any atom is -0.484 e. The second-order valence-electron chi connectivity index (χ2n) is 8.55. The number of ether oxygens (including phenoxy) is 1. The Morgan fingerprint density at radius 1 is 1.00 bits per heavy atom. The number of amides is 2. The van der Waals surface area contributed by atoms with Gasteiger partial charge in [0.05, 0.1) is 0 Å². The van der Waals surface area contributed by atoms with E-state index in [0.717, 1.165) is 11.1 Å². The van der Waals surface area contributed by atoms with Crippen molar-refractivity contribution in [3.63, 3.8) is 0 Å². The molecule has 168 valence electrons. The molecule has 31 heavy (non-hydrogen) atoms. The first kappa shape index (κ1) is 24.4. The SMILES string of the molecule is CC[C@@H](C(=O)NC(C)C)N(Cc1ccccc1C)C(=O)COc1ccc(C(C)C)cc1. The highest BCUT2D eigenvalue weighted by Gasteiger charge is 2.29. The second kappa shape index (κ2) is 11.5. The maximum Gasteiger partial charge on any atom is 0.261 e. The van der Waals surface area contributed by atoms with Crippen LogP contribution in [0.2, 0.25) is 0 Å². The van der Waals surface area contributed by atoms with Gasteiger partial charge in [0, 0.05) is 12.6 Å². The van der Waals surface area contributed by atoms with Crippen LogP contribution < -0.4 is 10.1 Å². The normalized spacial score (nSPS) is 12.0. The number of aryl methyl sites for hydroxylation is 1. The number of hydrogen-bond acceptors (Lipinski definition) is 3. The molecule has 5 heteroatoms. The van der Waals surface area contributed by atoms with E-state index in [1.54, 1.807) is 4.90 Å². The van der Waals surface area contributed by atoms with Crippen LogP contribution >= 0.6 is 0 Å². The predicted molar refractivity (Wildman–Crippen MR) is 125 cm³/mol.